The molecule has 0 aliphatic carbocycles. The number of methoxy groups -OCH3 is 5. The van der Waals surface area contributed by atoms with Gasteiger partial charge in [0.25, 0.3) is 0 Å². The van der Waals surface area contributed by atoms with E-state index >= 15 is 0 Å². The van der Waals surface area contributed by atoms with Crippen LogP contribution in [0.15, 0.2) is 273 Å². The van der Waals surface area contributed by atoms with Gasteiger partial charge >= 0.3 is 0 Å². The van der Waals surface area contributed by atoms with Crippen LogP contribution < -0.4 is 23.7 Å². The standard InChI is InChI=1S/C85H95N5O5/c1-91-81-41-31-66(32-42-81)51-76-61-87(57-72-23-13-7-14-24-72)78(53-68-35-45-83(93-3)46-36-68)63-89(59-74-27-17-9-18-28-74)80(55-70-39-49-85(95-5)50-40-70)65-90(60-75-29-19-10-20-30-75)79(54-69-37-47-84(94-4)48-38-69)64-88(58-73-25-15-8-16-26-73)77(52-67-33-43-82(92-2)44-34-67)62-86(76)56-71-21-11-6-12-22-71/h6-50,76-80H,51-65H2,1-5H3/t76-,77-,78-,79-,80-/m0/s1. The Morgan fingerprint density at radius 2 is 0.347 bits per heavy atom. The first kappa shape index (κ1) is 67.4. The highest BCUT2D eigenvalue weighted by Gasteiger charge is 2.37. The third kappa shape index (κ3) is 20.0. The summed E-state index contributed by atoms with van der Waals surface area (Å²) < 4.78 is 29.2. The number of hydrogen-bond donors (Lipinski definition) is 0. The van der Waals surface area contributed by atoms with Crippen molar-refractivity contribution in [2.45, 2.75) is 95.0 Å². The van der Waals surface area contributed by atoms with E-state index in [0.29, 0.717) is 0 Å². The van der Waals surface area contributed by atoms with Crippen molar-refractivity contribution >= 4 is 0 Å². The van der Waals surface area contributed by atoms with E-state index in [1.165, 1.54) is 55.6 Å². The predicted octanol–water partition coefficient (Wildman–Crippen LogP) is 15.6. The lowest BCUT2D eigenvalue weighted by atomic mass is 9.96. The maximum atomic E-state index is 5.85. The van der Waals surface area contributed by atoms with Crippen molar-refractivity contribution in [3.8, 4) is 28.7 Å². The van der Waals surface area contributed by atoms with E-state index in [1.807, 2.05) is 0 Å². The Morgan fingerprint density at radius 1 is 0.200 bits per heavy atom. The van der Waals surface area contributed by atoms with Gasteiger partial charge in [0, 0.05) is 95.7 Å². The summed E-state index contributed by atoms with van der Waals surface area (Å²) in [5.41, 5.74) is 12.8. The summed E-state index contributed by atoms with van der Waals surface area (Å²) in [5.74, 6) is 4.27. The largest absolute Gasteiger partial charge is 0.497 e. The van der Waals surface area contributed by atoms with Crippen LogP contribution in [0.2, 0.25) is 0 Å². The number of hydrogen-bond acceptors (Lipinski definition) is 10. The molecule has 1 aliphatic rings. The van der Waals surface area contributed by atoms with Gasteiger partial charge in [-0.25, -0.2) is 0 Å². The van der Waals surface area contributed by atoms with Gasteiger partial charge in [0.05, 0.1) is 35.5 Å². The number of ether oxygens (including phenoxy) is 5. The van der Waals surface area contributed by atoms with E-state index in [0.717, 1.165) is 126 Å². The molecule has 10 aromatic rings. The second-order valence-electron chi connectivity index (χ2n) is 25.6. The van der Waals surface area contributed by atoms with Crippen molar-refractivity contribution < 1.29 is 23.7 Å². The molecular weight excluding hydrogens is 1170 g/mol. The van der Waals surface area contributed by atoms with Crippen LogP contribution in [-0.2, 0) is 64.8 Å². The van der Waals surface area contributed by atoms with Gasteiger partial charge < -0.3 is 23.7 Å². The fourth-order valence-electron chi connectivity index (χ4n) is 13.9. The van der Waals surface area contributed by atoms with Crippen LogP contribution in [-0.4, -0.2) is 123 Å². The smallest absolute Gasteiger partial charge is 0.118 e. The first-order valence-corrected chi connectivity index (χ1v) is 33.8. The zero-order valence-corrected chi connectivity index (χ0v) is 56.3. The molecule has 0 spiro atoms. The quantitative estimate of drug-likeness (QED) is 0.0553. The van der Waals surface area contributed by atoms with Gasteiger partial charge in [0.1, 0.15) is 28.7 Å². The summed E-state index contributed by atoms with van der Waals surface area (Å²) >= 11 is 0. The van der Waals surface area contributed by atoms with Crippen molar-refractivity contribution in [2.75, 3.05) is 68.3 Å². The van der Waals surface area contributed by atoms with E-state index < -0.39 is 0 Å². The lowest BCUT2D eigenvalue weighted by Gasteiger charge is -2.44. The lowest BCUT2D eigenvalue weighted by molar-refractivity contribution is 0.0511. The Kier molecular flexibility index (Phi) is 24.8. The molecule has 95 heavy (non-hydrogen) atoms. The zero-order valence-electron chi connectivity index (χ0n) is 56.3. The van der Waals surface area contributed by atoms with Gasteiger partial charge in [-0.3, -0.25) is 24.5 Å². The van der Waals surface area contributed by atoms with E-state index in [-0.39, 0.29) is 30.2 Å². The number of benzene rings is 10. The fraction of sp³-hybridized carbons (Fsp3) is 0.294. The van der Waals surface area contributed by atoms with Gasteiger partial charge in [-0.15, -0.1) is 0 Å². The van der Waals surface area contributed by atoms with Gasteiger partial charge in [0.15, 0.2) is 0 Å². The van der Waals surface area contributed by atoms with Gasteiger partial charge in [0.2, 0.25) is 0 Å². The molecule has 10 nitrogen and oxygen atoms in total. The maximum Gasteiger partial charge on any atom is 0.118 e. The molecule has 5 atom stereocenters. The van der Waals surface area contributed by atoms with Crippen LogP contribution in [0.4, 0.5) is 0 Å². The van der Waals surface area contributed by atoms with E-state index in [1.54, 1.807) is 35.5 Å². The fourth-order valence-corrected chi connectivity index (χ4v) is 13.9. The highest BCUT2D eigenvalue weighted by Crippen LogP contribution is 2.31. The maximum absolute atomic E-state index is 5.85. The molecule has 0 bridgehead atoms. The zero-order chi connectivity index (χ0) is 65.4. The van der Waals surface area contributed by atoms with Crippen LogP contribution in [0.3, 0.4) is 0 Å². The molecule has 0 saturated carbocycles. The molecule has 10 heteroatoms. The van der Waals surface area contributed by atoms with E-state index in [2.05, 4.69) is 297 Å². The molecular formula is C85H95N5O5. The SMILES string of the molecule is COc1ccc(C[C@H]2CN(Cc3ccccc3)[C@@H](Cc3ccc(OC)cc3)CN(Cc3ccccc3)[C@@H](Cc3ccc(OC)cc3)CN(Cc3ccccc3)[C@@H](Cc3ccc(OC)cc3)CN(Cc3ccccc3)[C@@H](Cc3ccc(OC)cc3)CN2Cc2ccccc2)cc1. The predicted molar refractivity (Wildman–Crippen MR) is 387 cm³/mol. The van der Waals surface area contributed by atoms with Gasteiger partial charge in [-0.2, -0.15) is 0 Å². The number of nitrogens with zero attached hydrogens (tertiary/aromatic N) is 5. The van der Waals surface area contributed by atoms with Crippen molar-refractivity contribution in [1.82, 2.24) is 24.5 Å². The van der Waals surface area contributed by atoms with Crippen molar-refractivity contribution in [3.05, 3.63) is 329 Å². The molecule has 1 saturated heterocycles. The molecule has 490 valence electrons. The molecule has 0 radical (unpaired) electrons. The molecule has 1 heterocycles. The minimum Gasteiger partial charge on any atom is -0.497 e. The second kappa shape index (κ2) is 34.9. The van der Waals surface area contributed by atoms with Crippen LogP contribution in [0.25, 0.3) is 0 Å². The summed E-state index contributed by atoms with van der Waals surface area (Å²) in [5, 5.41) is 0. The first-order chi connectivity index (χ1) is 46.7. The van der Waals surface area contributed by atoms with Gasteiger partial charge in [-0.05, 0) is 148 Å². The Bertz CT molecular complexity index is 3190. The topological polar surface area (TPSA) is 62.4 Å². The summed E-state index contributed by atoms with van der Waals surface area (Å²) in [6.45, 7) is 7.67. The highest BCUT2D eigenvalue weighted by molar-refractivity contribution is 5.33. The monoisotopic (exact) mass is 1270 g/mol. The van der Waals surface area contributed by atoms with Crippen molar-refractivity contribution in [3.63, 3.8) is 0 Å². The molecule has 11 rings (SSSR count). The second-order valence-corrected chi connectivity index (χ2v) is 25.6. The van der Waals surface area contributed by atoms with E-state index in [4.69, 9.17) is 23.7 Å². The Labute approximate surface area is 565 Å². The highest BCUT2D eigenvalue weighted by atomic mass is 16.5. The first-order valence-electron chi connectivity index (χ1n) is 33.8. The van der Waals surface area contributed by atoms with E-state index in [9.17, 15) is 0 Å². The minimum absolute atomic E-state index is 0.0232. The molecule has 0 unspecified atom stereocenters. The Morgan fingerprint density at radius 3 is 0.484 bits per heavy atom. The molecule has 10 aromatic carbocycles. The Balaban J connectivity index is 1.19. The molecule has 0 aromatic heterocycles. The van der Waals surface area contributed by atoms with Crippen LogP contribution in [0.1, 0.15) is 55.6 Å². The number of rotatable bonds is 25. The average Bonchev–Trinajstić information content (AvgIpc) is 1.66. The normalized spacial score (nSPS) is 18.3. The lowest BCUT2D eigenvalue weighted by Crippen LogP contribution is -2.55. The average molecular weight is 1270 g/mol. The van der Waals surface area contributed by atoms with Crippen molar-refractivity contribution in [1.29, 1.82) is 0 Å². The van der Waals surface area contributed by atoms with Crippen LogP contribution >= 0.6 is 0 Å². The summed E-state index contributed by atoms with van der Waals surface area (Å²) in [4.78, 5) is 14.4. The van der Waals surface area contributed by atoms with Crippen LogP contribution in [0, 0.1) is 0 Å². The summed E-state index contributed by atoms with van der Waals surface area (Å²) in [7, 11) is 8.80. The molecule has 1 fully saturated rings. The molecule has 0 amide bonds. The van der Waals surface area contributed by atoms with Crippen molar-refractivity contribution in [2.24, 2.45) is 0 Å². The summed E-state index contributed by atoms with van der Waals surface area (Å²) in [6.07, 6.45) is 4.05. The Hall–Kier alpha value is -9.00. The molecule has 1 aliphatic heterocycles. The minimum atomic E-state index is 0.0232. The van der Waals surface area contributed by atoms with Gasteiger partial charge in [-0.1, -0.05) is 212 Å². The molecule has 0 N–H and O–H groups in total. The third-order valence-electron chi connectivity index (χ3n) is 19.1. The third-order valence-corrected chi connectivity index (χ3v) is 19.1. The van der Waals surface area contributed by atoms with Crippen LogP contribution in [0.5, 0.6) is 28.7 Å². The summed E-state index contributed by atoms with van der Waals surface area (Å²) in [6, 6.07) is 100.